The summed E-state index contributed by atoms with van der Waals surface area (Å²) in [4.78, 5) is 4.32. The molecule has 0 atom stereocenters. The largest absolute Gasteiger partial charge is 0.385 e. The summed E-state index contributed by atoms with van der Waals surface area (Å²) in [6.07, 6.45) is 14.2. The Morgan fingerprint density at radius 3 is 2.52 bits per heavy atom. The maximum absolute atomic E-state index is 5.23. The number of terminal acetylenes is 1. The molecule has 2 rings (SSSR count). The predicted molar refractivity (Wildman–Crippen MR) is 92.6 cm³/mol. The van der Waals surface area contributed by atoms with Gasteiger partial charge in [-0.1, -0.05) is 19.3 Å². The van der Waals surface area contributed by atoms with Crippen LogP contribution >= 0.6 is 11.3 Å². The third-order valence-corrected chi connectivity index (χ3v) is 4.21. The summed E-state index contributed by atoms with van der Waals surface area (Å²) in [7, 11) is 0. The second kappa shape index (κ2) is 9.20. The van der Waals surface area contributed by atoms with Crippen molar-refractivity contribution in [1.82, 2.24) is 4.98 Å². The fraction of sp³-hybridized carbons (Fsp3) is 0.389. The highest BCUT2D eigenvalue weighted by molar-refractivity contribution is 7.13. The summed E-state index contributed by atoms with van der Waals surface area (Å²) >= 11 is 1.67. The van der Waals surface area contributed by atoms with Crippen molar-refractivity contribution in [2.75, 3.05) is 11.9 Å². The summed E-state index contributed by atoms with van der Waals surface area (Å²) in [6.45, 7) is 1.03. The maximum atomic E-state index is 5.23. The van der Waals surface area contributed by atoms with E-state index in [-0.39, 0.29) is 0 Å². The first-order valence-electron chi connectivity index (χ1n) is 7.57. The van der Waals surface area contributed by atoms with Crippen molar-refractivity contribution in [3.8, 4) is 22.9 Å². The normalized spacial score (nSPS) is 10.2. The van der Waals surface area contributed by atoms with Crippen molar-refractivity contribution in [2.45, 2.75) is 38.5 Å². The van der Waals surface area contributed by atoms with Crippen LogP contribution in [0.15, 0.2) is 35.8 Å². The van der Waals surface area contributed by atoms with E-state index in [2.05, 4.69) is 40.5 Å². The molecule has 21 heavy (non-hydrogen) atoms. The van der Waals surface area contributed by atoms with Gasteiger partial charge in [0.2, 0.25) is 0 Å². The van der Waals surface area contributed by atoms with E-state index in [0.717, 1.165) is 18.0 Å². The van der Waals surface area contributed by atoms with Crippen molar-refractivity contribution < 1.29 is 0 Å². The van der Waals surface area contributed by atoms with E-state index >= 15 is 0 Å². The number of benzene rings is 1. The first-order chi connectivity index (χ1) is 10.4. The van der Waals surface area contributed by atoms with Gasteiger partial charge < -0.3 is 5.32 Å². The number of anilines is 1. The molecule has 0 amide bonds. The second-order valence-electron chi connectivity index (χ2n) is 5.06. The van der Waals surface area contributed by atoms with Crippen LogP contribution in [0, 0.1) is 12.3 Å². The van der Waals surface area contributed by atoms with Gasteiger partial charge in [-0.15, -0.1) is 23.7 Å². The summed E-state index contributed by atoms with van der Waals surface area (Å²) in [5.41, 5.74) is 2.37. The summed E-state index contributed by atoms with van der Waals surface area (Å²) in [6, 6.07) is 8.51. The molecule has 2 aromatic rings. The van der Waals surface area contributed by atoms with Crippen LogP contribution < -0.4 is 5.32 Å². The molecule has 0 saturated heterocycles. The quantitative estimate of drug-likeness (QED) is 0.508. The molecule has 0 spiro atoms. The lowest BCUT2D eigenvalue weighted by molar-refractivity contribution is 0.632. The van der Waals surface area contributed by atoms with Gasteiger partial charge >= 0.3 is 0 Å². The molecule has 0 bridgehead atoms. The van der Waals surface area contributed by atoms with E-state index in [1.807, 2.05) is 11.6 Å². The van der Waals surface area contributed by atoms with Crippen LogP contribution in [0.2, 0.25) is 0 Å². The monoisotopic (exact) mass is 298 g/mol. The van der Waals surface area contributed by atoms with Gasteiger partial charge in [0.15, 0.2) is 0 Å². The number of nitrogens with zero attached hydrogens (tertiary/aromatic N) is 1. The van der Waals surface area contributed by atoms with Gasteiger partial charge in [0, 0.05) is 35.8 Å². The van der Waals surface area contributed by atoms with Gasteiger partial charge in [0.05, 0.1) is 0 Å². The average Bonchev–Trinajstić information content (AvgIpc) is 3.05. The standard InChI is InChI=1S/C18H22N2S/c1-2-3-4-5-6-7-8-13-19-17-11-9-16(10-12-17)18-20-14-15-21-18/h1,9-12,14-15,19H,3-8,13H2. The third-order valence-electron chi connectivity index (χ3n) is 3.39. The minimum atomic E-state index is 0.920. The Labute approximate surface area is 131 Å². The topological polar surface area (TPSA) is 24.9 Å². The fourth-order valence-corrected chi connectivity index (χ4v) is 2.86. The van der Waals surface area contributed by atoms with E-state index < -0.39 is 0 Å². The highest BCUT2D eigenvalue weighted by atomic mass is 32.1. The molecule has 0 fully saturated rings. The van der Waals surface area contributed by atoms with Crippen LogP contribution in [0.4, 0.5) is 5.69 Å². The molecule has 0 unspecified atom stereocenters. The Bertz CT molecular complexity index is 538. The fourth-order valence-electron chi connectivity index (χ4n) is 2.21. The maximum Gasteiger partial charge on any atom is 0.123 e. The zero-order valence-electron chi connectivity index (χ0n) is 12.3. The molecule has 0 aliphatic rings. The molecule has 110 valence electrons. The summed E-state index contributed by atoms with van der Waals surface area (Å²) in [5.74, 6) is 2.69. The number of nitrogens with one attached hydrogen (secondary N) is 1. The lowest BCUT2D eigenvalue weighted by atomic mass is 10.1. The smallest absolute Gasteiger partial charge is 0.123 e. The first-order valence-corrected chi connectivity index (χ1v) is 8.45. The minimum Gasteiger partial charge on any atom is -0.385 e. The number of rotatable bonds is 9. The Morgan fingerprint density at radius 2 is 1.81 bits per heavy atom. The lowest BCUT2D eigenvalue weighted by Crippen LogP contribution is -2.01. The molecular formula is C18H22N2S. The van der Waals surface area contributed by atoms with E-state index in [1.165, 1.54) is 43.4 Å². The van der Waals surface area contributed by atoms with E-state index in [1.54, 1.807) is 11.3 Å². The number of hydrogen-bond acceptors (Lipinski definition) is 3. The lowest BCUT2D eigenvalue weighted by Gasteiger charge is -2.07. The van der Waals surface area contributed by atoms with Crippen molar-refractivity contribution in [3.05, 3.63) is 35.8 Å². The van der Waals surface area contributed by atoms with Gasteiger partial charge in [-0.25, -0.2) is 4.98 Å². The Morgan fingerprint density at radius 1 is 1.05 bits per heavy atom. The zero-order chi connectivity index (χ0) is 14.8. The number of thiazole rings is 1. The molecule has 0 radical (unpaired) electrons. The molecule has 0 aliphatic carbocycles. The third kappa shape index (κ3) is 5.61. The summed E-state index contributed by atoms with van der Waals surface area (Å²) < 4.78 is 0. The van der Waals surface area contributed by atoms with Gasteiger partial charge in [0.25, 0.3) is 0 Å². The van der Waals surface area contributed by atoms with Crippen LogP contribution in [0.25, 0.3) is 10.6 Å². The molecular weight excluding hydrogens is 276 g/mol. The number of unbranched alkanes of at least 4 members (excludes halogenated alkanes) is 5. The highest BCUT2D eigenvalue weighted by Gasteiger charge is 1.99. The molecule has 0 saturated carbocycles. The van der Waals surface area contributed by atoms with Crippen LogP contribution in [-0.2, 0) is 0 Å². The SMILES string of the molecule is C#CCCCCCCCNc1ccc(-c2nccs2)cc1. The first kappa shape index (κ1) is 15.6. The van der Waals surface area contributed by atoms with Crippen LogP contribution in [-0.4, -0.2) is 11.5 Å². The minimum absolute atomic E-state index is 0.920. The second-order valence-corrected chi connectivity index (χ2v) is 5.96. The molecule has 1 aromatic heterocycles. The van der Waals surface area contributed by atoms with Gasteiger partial charge in [-0.2, -0.15) is 0 Å². The van der Waals surface area contributed by atoms with E-state index in [4.69, 9.17) is 6.42 Å². The molecule has 1 aromatic carbocycles. The molecule has 0 aliphatic heterocycles. The van der Waals surface area contributed by atoms with Crippen LogP contribution in [0.1, 0.15) is 38.5 Å². The Kier molecular flexibility index (Phi) is 6.83. The molecule has 1 N–H and O–H groups in total. The zero-order valence-corrected chi connectivity index (χ0v) is 13.2. The molecule has 1 heterocycles. The Hall–Kier alpha value is -1.79. The molecule has 2 nitrogen and oxygen atoms in total. The van der Waals surface area contributed by atoms with Crippen LogP contribution in [0.3, 0.4) is 0 Å². The Balaban J connectivity index is 1.62. The van der Waals surface area contributed by atoms with Gasteiger partial charge in [0.1, 0.15) is 5.01 Å². The van der Waals surface area contributed by atoms with Gasteiger partial charge in [-0.3, -0.25) is 0 Å². The summed E-state index contributed by atoms with van der Waals surface area (Å²) in [5, 5.41) is 6.55. The highest BCUT2D eigenvalue weighted by Crippen LogP contribution is 2.23. The van der Waals surface area contributed by atoms with Crippen molar-refractivity contribution in [1.29, 1.82) is 0 Å². The van der Waals surface area contributed by atoms with Crippen molar-refractivity contribution in [3.63, 3.8) is 0 Å². The van der Waals surface area contributed by atoms with E-state index in [0.29, 0.717) is 0 Å². The van der Waals surface area contributed by atoms with Crippen molar-refractivity contribution in [2.24, 2.45) is 0 Å². The van der Waals surface area contributed by atoms with Crippen LogP contribution in [0.5, 0.6) is 0 Å². The number of aromatic nitrogens is 1. The average molecular weight is 298 g/mol. The molecule has 3 heteroatoms. The number of hydrogen-bond donors (Lipinski definition) is 1. The van der Waals surface area contributed by atoms with Crippen molar-refractivity contribution >= 4 is 17.0 Å². The van der Waals surface area contributed by atoms with Gasteiger partial charge in [-0.05, 0) is 37.1 Å². The predicted octanol–water partition coefficient (Wildman–Crippen LogP) is 5.20. The van der Waals surface area contributed by atoms with E-state index in [9.17, 15) is 0 Å².